The van der Waals surface area contributed by atoms with Gasteiger partial charge in [-0.2, -0.15) is 4.31 Å². The lowest BCUT2D eigenvalue weighted by atomic mass is 9.94. The van der Waals surface area contributed by atoms with E-state index in [1.54, 1.807) is 17.8 Å². The number of nitrogens with zero attached hydrogens (tertiary/aromatic N) is 4. The van der Waals surface area contributed by atoms with E-state index >= 15 is 0 Å². The van der Waals surface area contributed by atoms with Crippen LogP contribution in [0, 0.1) is 5.92 Å². The molecule has 2 fully saturated rings. The van der Waals surface area contributed by atoms with E-state index in [2.05, 4.69) is 16.8 Å². The van der Waals surface area contributed by atoms with Gasteiger partial charge in [0.25, 0.3) is 10.0 Å². The normalized spacial score (nSPS) is 28.3. The van der Waals surface area contributed by atoms with E-state index in [4.69, 9.17) is 4.74 Å². The Balaban J connectivity index is 1.74. The van der Waals surface area contributed by atoms with Crippen LogP contribution < -0.4 is 0 Å². The SMILES string of the molecule is CCN1CCO[C@H]2CN(S(=O)(=O)c3cn(C)cn3)CC[C@@H]2C1. The molecule has 1 aromatic heterocycles. The molecule has 22 heavy (non-hydrogen) atoms. The minimum Gasteiger partial charge on any atom is -0.375 e. The lowest BCUT2D eigenvalue weighted by Crippen LogP contribution is -2.49. The van der Waals surface area contributed by atoms with Gasteiger partial charge in [-0.25, -0.2) is 13.4 Å². The summed E-state index contributed by atoms with van der Waals surface area (Å²) in [6.07, 6.45) is 3.89. The monoisotopic (exact) mass is 328 g/mol. The Kier molecular flexibility index (Phi) is 4.54. The molecular formula is C14H24N4O3S. The number of aryl methyl sites for hydroxylation is 1. The zero-order chi connectivity index (χ0) is 15.7. The number of hydrogen-bond donors (Lipinski definition) is 0. The Labute approximate surface area is 131 Å². The van der Waals surface area contributed by atoms with Gasteiger partial charge in [-0.3, -0.25) is 0 Å². The average molecular weight is 328 g/mol. The summed E-state index contributed by atoms with van der Waals surface area (Å²) in [5.74, 6) is 0.414. The van der Waals surface area contributed by atoms with Crippen molar-refractivity contribution >= 4 is 10.0 Å². The van der Waals surface area contributed by atoms with Crippen molar-refractivity contribution in [3.05, 3.63) is 12.5 Å². The summed E-state index contributed by atoms with van der Waals surface area (Å²) < 4.78 is 34.4. The number of rotatable bonds is 3. The number of ether oxygens (including phenoxy) is 1. The molecule has 1 aromatic rings. The number of piperidine rings is 1. The first-order valence-corrected chi connectivity index (χ1v) is 9.26. The summed E-state index contributed by atoms with van der Waals surface area (Å²) in [4.78, 5) is 6.38. The van der Waals surface area contributed by atoms with E-state index < -0.39 is 10.0 Å². The van der Waals surface area contributed by atoms with Crippen molar-refractivity contribution in [3.8, 4) is 0 Å². The first-order chi connectivity index (χ1) is 10.5. The minimum atomic E-state index is -3.51. The van der Waals surface area contributed by atoms with Crippen molar-refractivity contribution in [2.45, 2.75) is 24.5 Å². The van der Waals surface area contributed by atoms with E-state index in [0.29, 0.717) is 25.6 Å². The summed E-state index contributed by atoms with van der Waals surface area (Å²) in [6.45, 7) is 6.74. The zero-order valence-electron chi connectivity index (χ0n) is 13.2. The fraction of sp³-hybridized carbons (Fsp3) is 0.786. The van der Waals surface area contributed by atoms with Crippen LogP contribution in [0.25, 0.3) is 0 Å². The highest BCUT2D eigenvalue weighted by atomic mass is 32.2. The standard InChI is InChI=1S/C14H24N4O3S/c1-3-17-6-7-21-13-9-18(5-4-12(13)8-17)22(19,20)14-10-16(2)11-15-14/h10-13H,3-9H2,1-2H3/t12-,13+/m1/s1. The summed E-state index contributed by atoms with van der Waals surface area (Å²) in [5, 5.41) is 0.122. The van der Waals surface area contributed by atoms with Crippen LogP contribution in [0.4, 0.5) is 0 Å². The van der Waals surface area contributed by atoms with Gasteiger partial charge in [-0.1, -0.05) is 6.92 Å². The van der Waals surface area contributed by atoms with Gasteiger partial charge in [0.1, 0.15) is 0 Å². The molecule has 0 spiro atoms. The number of likely N-dealkylation sites (N-methyl/N-ethyl adjacent to an activating group) is 1. The molecule has 8 heteroatoms. The highest BCUT2D eigenvalue weighted by Crippen LogP contribution is 2.27. The predicted molar refractivity (Wildman–Crippen MR) is 81.9 cm³/mol. The number of sulfonamides is 1. The molecule has 0 N–H and O–H groups in total. The van der Waals surface area contributed by atoms with Gasteiger partial charge in [0.05, 0.1) is 19.0 Å². The second kappa shape index (κ2) is 6.27. The third-order valence-corrected chi connectivity index (χ3v) is 6.37. The maximum Gasteiger partial charge on any atom is 0.262 e. The van der Waals surface area contributed by atoms with E-state index in [9.17, 15) is 8.42 Å². The van der Waals surface area contributed by atoms with Crippen molar-refractivity contribution in [1.82, 2.24) is 18.8 Å². The molecule has 2 saturated heterocycles. The van der Waals surface area contributed by atoms with Gasteiger partial charge < -0.3 is 14.2 Å². The second-order valence-electron chi connectivity index (χ2n) is 6.09. The van der Waals surface area contributed by atoms with Crippen LogP contribution >= 0.6 is 0 Å². The quantitative estimate of drug-likeness (QED) is 0.790. The van der Waals surface area contributed by atoms with Crippen molar-refractivity contribution in [2.75, 3.05) is 39.3 Å². The van der Waals surface area contributed by atoms with E-state index in [1.807, 2.05) is 0 Å². The highest BCUT2D eigenvalue weighted by Gasteiger charge is 2.38. The van der Waals surface area contributed by atoms with Gasteiger partial charge in [0.15, 0.2) is 5.03 Å². The maximum atomic E-state index is 12.7. The van der Waals surface area contributed by atoms with E-state index in [1.165, 1.54) is 10.6 Å². The fourth-order valence-corrected chi connectivity index (χ4v) is 4.68. The molecule has 0 aromatic carbocycles. The number of imidazole rings is 1. The van der Waals surface area contributed by atoms with Crippen LogP contribution in [-0.4, -0.2) is 72.6 Å². The largest absolute Gasteiger partial charge is 0.375 e. The fourth-order valence-electron chi connectivity index (χ4n) is 3.25. The Bertz CT molecular complexity index is 615. The molecule has 0 unspecified atom stereocenters. The smallest absolute Gasteiger partial charge is 0.262 e. The van der Waals surface area contributed by atoms with Gasteiger partial charge in [0.2, 0.25) is 0 Å². The zero-order valence-corrected chi connectivity index (χ0v) is 14.0. The Morgan fingerprint density at radius 3 is 2.86 bits per heavy atom. The molecule has 2 aliphatic heterocycles. The first kappa shape index (κ1) is 15.9. The molecule has 3 rings (SSSR count). The third kappa shape index (κ3) is 3.05. The van der Waals surface area contributed by atoms with Crippen LogP contribution in [-0.2, 0) is 21.8 Å². The summed E-state index contributed by atoms with van der Waals surface area (Å²) >= 11 is 0. The molecule has 7 nitrogen and oxygen atoms in total. The number of fused-ring (bicyclic) bond motifs is 1. The Morgan fingerprint density at radius 2 is 2.18 bits per heavy atom. The molecule has 0 radical (unpaired) electrons. The van der Waals surface area contributed by atoms with Gasteiger partial charge in [-0.15, -0.1) is 0 Å². The molecule has 0 bridgehead atoms. The molecule has 2 atom stereocenters. The topological polar surface area (TPSA) is 67.7 Å². The van der Waals surface area contributed by atoms with Crippen LogP contribution in [0.3, 0.4) is 0 Å². The summed E-state index contributed by atoms with van der Waals surface area (Å²) in [7, 11) is -1.75. The summed E-state index contributed by atoms with van der Waals surface area (Å²) in [6, 6.07) is 0. The van der Waals surface area contributed by atoms with Gasteiger partial charge in [0, 0.05) is 45.3 Å². The number of aromatic nitrogens is 2. The van der Waals surface area contributed by atoms with Crippen LogP contribution in [0.15, 0.2) is 17.6 Å². The predicted octanol–water partition coefficient (Wildman–Crippen LogP) is 0.151. The molecular weight excluding hydrogens is 304 g/mol. The maximum absolute atomic E-state index is 12.7. The third-order valence-electron chi connectivity index (χ3n) is 4.62. The van der Waals surface area contributed by atoms with Gasteiger partial charge >= 0.3 is 0 Å². The Hall–Kier alpha value is -0.960. The van der Waals surface area contributed by atoms with Crippen LogP contribution in [0.1, 0.15) is 13.3 Å². The van der Waals surface area contributed by atoms with Crippen molar-refractivity contribution in [2.24, 2.45) is 13.0 Å². The Morgan fingerprint density at radius 1 is 1.36 bits per heavy atom. The molecule has 2 aliphatic rings. The van der Waals surface area contributed by atoms with Crippen molar-refractivity contribution < 1.29 is 13.2 Å². The lowest BCUT2D eigenvalue weighted by molar-refractivity contribution is -0.00194. The van der Waals surface area contributed by atoms with Crippen LogP contribution in [0.2, 0.25) is 0 Å². The van der Waals surface area contributed by atoms with Crippen molar-refractivity contribution in [3.63, 3.8) is 0 Å². The molecule has 0 amide bonds. The highest BCUT2D eigenvalue weighted by molar-refractivity contribution is 7.89. The van der Waals surface area contributed by atoms with Crippen molar-refractivity contribution in [1.29, 1.82) is 0 Å². The average Bonchev–Trinajstić information content (AvgIpc) is 2.84. The lowest BCUT2D eigenvalue weighted by Gasteiger charge is -2.36. The first-order valence-electron chi connectivity index (χ1n) is 7.82. The molecule has 0 saturated carbocycles. The van der Waals surface area contributed by atoms with Crippen LogP contribution in [0.5, 0.6) is 0 Å². The molecule has 3 heterocycles. The molecule has 124 valence electrons. The van der Waals surface area contributed by atoms with E-state index in [-0.39, 0.29) is 11.1 Å². The minimum absolute atomic E-state index is 0.0104. The number of hydrogen-bond acceptors (Lipinski definition) is 5. The molecule has 0 aliphatic carbocycles. The van der Waals surface area contributed by atoms with Gasteiger partial charge in [-0.05, 0) is 13.0 Å². The summed E-state index contributed by atoms with van der Waals surface area (Å²) in [5.41, 5.74) is 0. The van der Waals surface area contributed by atoms with E-state index in [0.717, 1.165) is 26.1 Å². The second-order valence-corrected chi connectivity index (χ2v) is 7.98.